The highest BCUT2D eigenvalue weighted by Gasteiger charge is 2.17. The maximum atomic E-state index is 10.4. The van der Waals surface area contributed by atoms with Crippen molar-refractivity contribution in [3.8, 4) is 5.69 Å². The van der Waals surface area contributed by atoms with E-state index in [9.17, 15) is 5.11 Å². The molecular weight excluding hydrogens is 307 g/mol. The summed E-state index contributed by atoms with van der Waals surface area (Å²) in [6.45, 7) is 0. The Morgan fingerprint density at radius 2 is 1.76 bits per heavy atom. The van der Waals surface area contributed by atoms with E-state index in [4.69, 9.17) is 23.2 Å². The van der Waals surface area contributed by atoms with Crippen LogP contribution in [-0.4, -0.2) is 14.9 Å². The number of para-hydroxylation sites is 1. The van der Waals surface area contributed by atoms with Crippen LogP contribution in [0.1, 0.15) is 17.4 Å². The first kappa shape index (κ1) is 14.1. The molecule has 1 atom stereocenters. The SMILES string of the molecule is OC(c1ccn(-c2ccccc2)n1)c1cc(Cl)ccc1Cl. The molecule has 3 nitrogen and oxygen atoms in total. The zero-order valence-electron chi connectivity index (χ0n) is 10.9. The fraction of sp³-hybridized carbons (Fsp3) is 0.0625. The Morgan fingerprint density at radius 1 is 1.00 bits per heavy atom. The van der Waals surface area contributed by atoms with Crippen molar-refractivity contribution in [2.45, 2.75) is 6.10 Å². The number of aliphatic hydroxyl groups is 1. The van der Waals surface area contributed by atoms with Crippen molar-refractivity contribution in [3.05, 3.63) is 82.1 Å². The van der Waals surface area contributed by atoms with Gasteiger partial charge in [0.25, 0.3) is 0 Å². The normalized spacial score (nSPS) is 12.3. The summed E-state index contributed by atoms with van der Waals surface area (Å²) in [6, 6.07) is 16.4. The average molecular weight is 319 g/mol. The van der Waals surface area contributed by atoms with Crippen LogP contribution in [0.2, 0.25) is 10.0 Å². The molecule has 5 heteroatoms. The number of hydrogen-bond donors (Lipinski definition) is 1. The molecule has 106 valence electrons. The van der Waals surface area contributed by atoms with Gasteiger partial charge in [0.1, 0.15) is 6.10 Å². The van der Waals surface area contributed by atoms with E-state index >= 15 is 0 Å². The molecule has 0 spiro atoms. The van der Waals surface area contributed by atoms with E-state index in [0.717, 1.165) is 5.69 Å². The van der Waals surface area contributed by atoms with Gasteiger partial charge in [-0.2, -0.15) is 5.10 Å². The molecule has 0 fully saturated rings. The Balaban J connectivity index is 1.94. The smallest absolute Gasteiger partial charge is 0.124 e. The van der Waals surface area contributed by atoms with Crippen molar-refractivity contribution in [1.82, 2.24) is 9.78 Å². The first-order valence-corrected chi connectivity index (χ1v) is 7.15. The first-order chi connectivity index (χ1) is 10.1. The summed E-state index contributed by atoms with van der Waals surface area (Å²) in [6.07, 6.45) is 0.882. The Bertz CT molecular complexity index is 756. The maximum Gasteiger partial charge on any atom is 0.124 e. The highest BCUT2D eigenvalue weighted by Crippen LogP contribution is 2.30. The lowest BCUT2D eigenvalue weighted by Crippen LogP contribution is -2.03. The molecule has 0 aliphatic carbocycles. The third-order valence-corrected chi connectivity index (χ3v) is 3.74. The largest absolute Gasteiger partial charge is 0.382 e. The van der Waals surface area contributed by atoms with E-state index in [1.54, 1.807) is 35.1 Å². The molecule has 0 aliphatic heterocycles. The predicted octanol–water partition coefficient (Wildman–Crippen LogP) is 4.26. The predicted molar refractivity (Wildman–Crippen MR) is 84.1 cm³/mol. The second kappa shape index (κ2) is 5.90. The topological polar surface area (TPSA) is 38.0 Å². The molecule has 0 radical (unpaired) electrons. The van der Waals surface area contributed by atoms with Crippen LogP contribution in [0, 0.1) is 0 Å². The molecule has 21 heavy (non-hydrogen) atoms. The molecule has 3 aromatic rings. The summed E-state index contributed by atoms with van der Waals surface area (Å²) in [5, 5.41) is 15.8. The zero-order valence-corrected chi connectivity index (χ0v) is 12.5. The molecule has 1 aromatic heterocycles. The van der Waals surface area contributed by atoms with E-state index < -0.39 is 6.10 Å². The van der Waals surface area contributed by atoms with E-state index in [-0.39, 0.29) is 0 Å². The van der Waals surface area contributed by atoms with Crippen molar-refractivity contribution < 1.29 is 5.11 Å². The number of nitrogens with zero attached hydrogens (tertiary/aromatic N) is 2. The van der Waals surface area contributed by atoms with Crippen LogP contribution in [-0.2, 0) is 0 Å². The van der Waals surface area contributed by atoms with Gasteiger partial charge in [-0.25, -0.2) is 4.68 Å². The van der Waals surface area contributed by atoms with Crippen LogP contribution >= 0.6 is 23.2 Å². The lowest BCUT2D eigenvalue weighted by atomic mass is 10.1. The van der Waals surface area contributed by atoms with Crippen molar-refractivity contribution in [2.24, 2.45) is 0 Å². The molecule has 3 rings (SSSR count). The lowest BCUT2D eigenvalue weighted by Gasteiger charge is -2.10. The minimum absolute atomic E-state index is 0.459. The summed E-state index contributed by atoms with van der Waals surface area (Å²) in [4.78, 5) is 0. The minimum Gasteiger partial charge on any atom is -0.382 e. The molecule has 0 saturated carbocycles. The fourth-order valence-corrected chi connectivity index (χ4v) is 2.49. The van der Waals surface area contributed by atoms with Crippen LogP contribution in [0.5, 0.6) is 0 Å². The van der Waals surface area contributed by atoms with Crippen LogP contribution in [0.15, 0.2) is 60.8 Å². The van der Waals surface area contributed by atoms with Gasteiger partial charge in [-0.05, 0) is 36.4 Å². The quantitative estimate of drug-likeness (QED) is 0.783. The summed E-state index contributed by atoms with van der Waals surface area (Å²) < 4.78 is 1.71. The molecule has 1 heterocycles. The van der Waals surface area contributed by atoms with Gasteiger partial charge < -0.3 is 5.11 Å². The van der Waals surface area contributed by atoms with Crippen molar-refractivity contribution >= 4 is 23.2 Å². The molecule has 2 aromatic carbocycles. The van der Waals surface area contributed by atoms with E-state index in [1.165, 1.54) is 0 Å². The summed E-state index contributed by atoms with van der Waals surface area (Å²) >= 11 is 12.1. The molecule has 1 unspecified atom stereocenters. The van der Waals surface area contributed by atoms with E-state index in [1.807, 2.05) is 30.3 Å². The van der Waals surface area contributed by atoms with Gasteiger partial charge in [0.05, 0.1) is 11.4 Å². The van der Waals surface area contributed by atoms with E-state index in [2.05, 4.69) is 5.10 Å². The molecule has 0 aliphatic rings. The van der Waals surface area contributed by atoms with Crippen LogP contribution in [0.25, 0.3) is 5.69 Å². The van der Waals surface area contributed by atoms with Crippen LogP contribution in [0.4, 0.5) is 0 Å². The Morgan fingerprint density at radius 3 is 2.52 bits per heavy atom. The number of benzene rings is 2. The second-order valence-electron chi connectivity index (χ2n) is 4.59. The first-order valence-electron chi connectivity index (χ1n) is 6.39. The van der Waals surface area contributed by atoms with Crippen LogP contribution < -0.4 is 0 Å². The molecule has 0 saturated heterocycles. The standard InChI is InChI=1S/C16H12Cl2N2O/c17-11-6-7-14(18)13(10-11)16(21)15-8-9-20(19-15)12-4-2-1-3-5-12/h1-10,16,21H. The maximum absolute atomic E-state index is 10.4. The van der Waals surface area contributed by atoms with Gasteiger partial charge in [-0.15, -0.1) is 0 Å². The number of halogens is 2. The monoisotopic (exact) mass is 318 g/mol. The van der Waals surface area contributed by atoms with Gasteiger partial charge in [0.2, 0.25) is 0 Å². The van der Waals surface area contributed by atoms with Gasteiger partial charge in [0.15, 0.2) is 0 Å². The molecule has 0 bridgehead atoms. The number of rotatable bonds is 3. The number of hydrogen-bond acceptors (Lipinski definition) is 2. The lowest BCUT2D eigenvalue weighted by molar-refractivity contribution is 0.215. The molecule has 0 amide bonds. The minimum atomic E-state index is -0.916. The summed E-state index contributed by atoms with van der Waals surface area (Å²) in [5.41, 5.74) is 1.98. The van der Waals surface area contributed by atoms with Gasteiger partial charge in [-0.1, -0.05) is 41.4 Å². The van der Waals surface area contributed by atoms with Crippen molar-refractivity contribution in [2.75, 3.05) is 0 Å². The highest BCUT2D eigenvalue weighted by atomic mass is 35.5. The van der Waals surface area contributed by atoms with Gasteiger partial charge in [0, 0.05) is 21.8 Å². The molecule has 1 N–H and O–H groups in total. The van der Waals surface area contributed by atoms with Crippen molar-refractivity contribution in [1.29, 1.82) is 0 Å². The number of aliphatic hydroxyl groups excluding tert-OH is 1. The Hall–Kier alpha value is -1.81. The average Bonchev–Trinajstić information content (AvgIpc) is 3.00. The van der Waals surface area contributed by atoms with Gasteiger partial charge >= 0.3 is 0 Å². The third kappa shape index (κ3) is 2.95. The number of aromatic nitrogens is 2. The van der Waals surface area contributed by atoms with Crippen molar-refractivity contribution in [3.63, 3.8) is 0 Å². The zero-order chi connectivity index (χ0) is 14.8. The third-order valence-electron chi connectivity index (χ3n) is 3.16. The Kier molecular flexibility index (Phi) is 3.97. The second-order valence-corrected chi connectivity index (χ2v) is 5.43. The summed E-state index contributed by atoms with van der Waals surface area (Å²) in [5.74, 6) is 0. The van der Waals surface area contributed by atoms with Gasteiger partial charge in [-0.3, -0.25) is 0 Å². The van der Waals surface area contributed by atoms with E-state index in [0.29, 0.717) is 21.3 Å². The Labute approximate surface area is 132 Å². The fourth-order valence-electron chi connectivity index (χ4n) is 2.09. The summed E-state index contributed by atoms with van der Waals surface area (Å²) in [7, 11) is 0. The van der Waals surface area contributed by atoms with Crippen LogP contribution in [0.3, 0.4) is 0 Å². The highest BCUT2D eigenvalue weighted by molar-refractivity contribution is 6.33. The molecular formula is C16H12Cl2N2O.